The summed E-state index contributed by atoms with van der Waals surface area (Å²) in [6.07, 6.45) is -0.0208. The van der Waals surface area contributed by atoms with E-state index in [1.54, 1.807) is 0 Å². The van der Waals surface area contributed by atoms with Crippen molar-refractivity contribution in [1.82, 2.24) is 4.90 Å². The van der Waals surface area contributed by atoms with Crippen LogP contribution >= 0.6 is 0 Å². The summed E-state index contributed by atoms with van der Waals surface area (Å²) in [6, 6.07) is 12.2. The van der Waals surface area contributed by atoms with Crippen molar-refractivity contribution in [3.63, 3.8) is 0 Å². The number of aliphatic hydroxyl groups is 1. The zero-order valence-electron chi connectivity index (χ0n) is 16.9. The number of carbonyl (C=O) groups is 1. The highest BCUT2D eigenvalue weighted by molar-refractivity contribution is 5.93. The number of carbonyl (C=O) groups excluding carboxylic acids is 1. The van der Waals surface area contributed by atoms with E-state index in [1.165, 1.54) is 12.7 Å². The summed E-state index contributed by atoms with van der Waals surface area (Å²) in [5, 5.41) is 10.4. The molecule has 1 fully saturated rings. The van der Waals surface area contributed by atoms with E-state index in [9.17, 15) is 9.90 Å². The van der Waals surface area contributed by atoms with Crippen LogP contribution in [0.3, 0.4) is 0 Å². The van der Waals surface area contributed by atoms with Crippen LogP contribution in [0.5, 0.6) is 0 Å². The molecule has 3 rings (SSSR count). The van der Waals surface area contributed by atoms with E-state index in [-0.39, 0.29) is 5.97 Å². The first kappa shape index (κ1) is 20.5. The van der Waals surface area contributed by atoms with Gasteiger partial charge in [-0.3, -0.25) is 4.90 Å². The molecular formula is C23H29NO4. The van der Waals surface area contributed by atoms with Crippen molar-refractivity contribution in [2.45, 2.75) is 32.9 Å². The van der Waals surface area contributed by atoms with Crippen LogP contribution in [0.4, 0.5) is 0 Å². The van der Waals surface area contributed by atoms with Crippen LogP contribution in [0.15, 0.2) is 36.4 Å². The topological polar surface area (TPSA) is 59.0 Å². The van der Waals surface area contributed by atoms with E-state index in [2.05, 4.69) is 29.2 Å². The summed E-state index contributed by atoms with van der Waals surface area (Å²) in [5.74, 6) is -0.382. The Morgan fingerprint density at radius 2 is 1.86 bits per heavy atom. The summed E-state index contributed by atoms with van der Waals surface area (Å²) in [5.41, 5.74) is 5.22. The van der Waals surface area contributed by atoms with E-state index < -0.39 is 6.10 Å². The summed E-state index contributed by atoms with van der Waals surface area (Å²) in [4.78, 5) is 14.6. The van der Waals surface area contributed by atoms with Crippen LogP contribution in [0, 0.1) is 6.92 Å². The highest BCUT2D eigenvalue weighted by Gasteiger charge is 2.19. The molecule has 0 bridgehead atoms. The smallest absolute Gasteiger partial charge is 0.338 e. The van der Waals surface area contributed by atoms with Crippen molar-refractivity contribution in [2.75, 3.05) is 33.4 Å². The van der Waals surface area contributed by atoms with Gasteiger partial charge in [0.25, 0.3) is 0 Å². The molecule has 2 aromatic carbocycles. The third-order valence-electron chi connectivity index (χ3n) is 5.40. The Kier molecular flexibility index (Phi) is 6.83. The van der Waals surface area contributed by atoms with Gasteiger partial charge in [0, 0.05) is 19.6 Å². The normalized spacial score (nSPS) is 16.0. The molecule has 1 saturated heterocycles. The van der Waals surface area contributed by atoms with Crippen molar-refractivity contribution in [3.05, 3.63) is 58.7 Å². The highest BCUT2D eigenvalue weighted by Crippen LogP contribution is 2.31. The summed E-state index contributed by atoms with van der Waals surface area (Å²) < 4.78 is 10.3. The molecular weight excluding hydrogens is 354 g/mol. The average molecular weight is 383 g/mol. The van der Waals surface area contributed by atoms with Crippen LogP contribution < -0.4 is 0 Å². The Morgan fingerprint density at radius 3 is 2.46 bits per heavy atom. The van der Waals surface area contributed by atoms with E-state index in [0.29, 0.717) is 12.0 Å². The van der Waals surface area contributed by atoms with Gasteiger partial charge in [-0.25, -0.2) is 4.79 Å². The van der Waals surface area contributed by atoms with E-state index in [0.717, 1.165) is 55.1 Å². The zero-order valence-corrected chi connectivity index (χ0v) is 16.9. The van der Waals surface area contributed by atoms with Crippen molar-refractivity contribution in [3.8, 4) is 11.1 Å². The van der Waals surface area contributed by atoms with Crippen LogP contribution in [-0.4, -0.2) is 49.4 Å². The monoisotopic (exact) mass is 383 g/mol. The zero-order chi connectivity index (χ0) is 20.1. The van der Waals surface area contributed by atoms with E-state index >= 15 is 0 Å². The second kappa shape index (κ2) is 9.32. The summed E-state index contributed by atoms with van der Waals surface area (Å²) in [7, 11) is 1.38. The van der Waals surface area contributed by atoms with Gasteiger partial charge in [0.15, 0.2) is 0 Å². The molecule has 1 atom stereocenters. The SMILES string of the molecule is CCC(O)c1cc(-c2ccc(CN3CCOCC3)cc2)cc(C(=O)OC)c1C. The molecule has 1 heterocycles. The third kappa shape index (κ3) is 4.61. The van der Waals surface area contributed by atoms with Gasteiger partial charge in [0.05, 0.1) is 32.0 Å². The third-order valence-corrected chi connectivity index (χ3v) is 5.40. The van der Waals surface area contributed by atoms with Crippen molar-refractivity contribution in [2.24, 2.45) is 0 Å². The molecule has 5 heteroatoms. The Morgan fingerprint density at radius 1 is 1.18 bits per heavy atom. The number of methoxy groups -OCH3 is 1. The Balaban J connectivity index is 1.90. The summed E-state index contributed by atoms with van der Waals surface area (Å²) >= 11 is 0. The molecule has 0 aromatic heterocycles. The maximum absolute atomic E-state index is 12.2. The first-order valence-electron chi connectivity index (χ1n) is 9.83. The second-order valence-corrected chi connectivity index (χ2v) is 7.24. The standard InChI is InChI=1S/C23H29NO4/c1-4-22(25)20-13-19(14-21(16(20)2)23(26)27-3)18-7-5-17(6-8-18)15-24-9-11-28-12-10-24/h5-8,13-14,22,25H,4,9-12,15H2,1-3H3. The largest absolute Gasteiger partial charge is 0.465 e. The van der Waals surface area contributed by atoms with E-state index in [4.69, 9.17) is 9.47 Å². The lowest BCUT2D eigenvalue weighted by Gasteiger charge is -2.26. The lowest BCUT2D eigenvalue weighted by molar-refractivity contribution is 0.0342. The molecule has 1 aliphatic rings. The highest BCUT2D eigenvalue weighted by atomic mass is 16.5. The van der Waals surface area contributed by atoms with E-state index in [1.807, 2.05) is 26.0 Å². The number of ether oxygens (including phenoxy) is 2. The van der Waals surface area contributed by atoms with Crippen LogP contribution in [0.1, 0.15) is 46.5 Å². The Labute approximate surface area is 166 Å². The van der Waals surface area contributed by atoms with Crippen LogP contribution in [0.2, 0.25) is 0 Å². The molecule has 1 unspecified atom stereocenters. The molecule has 0 amide bonds. The minimum Gasteiger partial charge on any atom is -0.465 e. The van der Waals surface area contributed by atoms with Gasteiger partial charge >= 0.3 is 5.97 Å². The fraction of sp³-hybridized carbons (Fsp3) is 0.435. The number of benzene rings is 2. The second-order valence-electron chi connectivity index (χ2n) is 7.24. The Bertz CT molecular complexity index is 810. The predicted molar refractivity (Wildman–Crippen MR) is 109 cm³/mol. The molecule has 0 aliphatic carbocycles. The molecule has 1 aliphatic heterocycles. The molecule has 0 spiro atoms. The molecule has 0 saturated carbocycles. The van der Waals surface area contributed by atoms with Gasteiger partial charge in [-0.15, -0.1) is 0 Å². The number of aliphatic hydroxyl groups excluding tert-OH is 1. The average Bonchev–Trinajstić information content (AvgIpc) is 2.74. The quantitative estimate of drug-likeness (QED) is 0.771. The molecule has 5 nitrogen and oxygen atoms in total. The number of hydrogen-bond acceptors (Lipinski definition) is 5. The van der Waals surface area contributed by atoms with Gasteiger partial charge in [0.1, 0.15) is 0 Å². The van der Waals surface area contributed by atoms with Crippen molar-refractivity contribution >= 4 is 5.97 Å². The van der Waals surface area contributed by atoms with Crippen molar-refractivity contribution < 1.29 is 19.4 Å². The molecule has 150 valence electrons. The molecule has 28 heavy (non-hydrogen) atoms. The predicted octanol–water partition coefficient (Wildman–Crippen LogP) is 3.72. The molecule has 0 radical (unpaired) electrons. The molecule has 1 N–H and O–H groups in total. The lowest BCUT2D eigenvalue weighted by Crippen LogP contribution is -2.35. The van der Waals surface area contributed by atoms with Gasteiger partial charge < -0.3 is 14.6 Å². The maximum Gasteiger partial charge on any atom is 0.338 e. The van der Waals surface area contributed by atoms with Crippen LogP contribution in [0.25, 0.3) is 11.1 Å². The lowest BCUT2D eigenvalue weighted by atomic mass is 9.91. The fourth-order valence-corrected chi connectivity index (χ4v) is 3.61. The van der Waals surface area contributed by atoms with Crippen molar-refractivity contribution in [1.29, 1.82) is 0 Å². The minimum atomic E-state index is -0.607. The Hall–Kier alpha value is -2.21. The van der Waals surface area contributed by atoms with Crippen LogP contribution in [-0.2, 0) is 16.0 Å². The van der Waals surface area contributed by atoms with Gasteiger partial charge in [-0.2, -0.15) is 0 Å². The number of esters is 1. The summed E-state index contributed by atoms with van der Waals surface area (Å²) in [6.45, 7) is 8.19. The first-order valence-corrected chi connectivity index (χ1v) is 9.83. The first-order chi connectivity index (χ1) is 13.5. The molecule has 2 aromatic rings. The number of nitrogens with zero attached hydrogens (tertiary/aromatic N) is 1. The minimum absolute atomic E-state index is 0.382. The number of rotatable bonds is 6. The maximum atomic E-state index is 12.2. The van der Waals surface area contributed by atoms with Gasteiger partial charge in [-0.05, 0) is 53.3 Å². The number of hydrogen-bond donors (Lipinski definition) is 1. The fourth-order valence-electron chi connectivity index (χ4n) is 3.61. The van der Waals surface area contributed by atoms with Gasteiger partial charge in [-0.1, -0.05) is 31.2 Å². The number of morpholine rings is 1. The van der Waals surface area contributed by atoms with Gasteiger partial charge in [0.2, 0.25) is 0 Å².